The number of anilines is 1. The van der Waals surface area contributed by atoms with Crippen molar-refractivity contribution in [3.8, 4) is 22.9 Å². The van der Waals surface area contributed by atoms with Gasteiger partial charge in [0.1, 0.15) is 11.7 Å². The highest BCUT2D eigenvalue weighted by Crippen LogP contribution is 2.57. The van der Waals surface area contributed by atoms with Gasteiger partial charge in [-0.3, -0.25) is 33.7 Å². The lowest BCUT2D eigenvalue weighted by atomic mass is 9.42. The van der Waals surface area contributed by atoms with E-state index in [1.807, 2.05) is 0 Å². The van der Waals surface area contributed by atoms with E-state index in [4.69, 9.17) is 17.2 Å². The Hall–Kier alpha value is -4.77. The van der Waals surface area contributed by atoms with Crippen LogP contribution < -0.4 is 22.1 Å². The number of primary amides is 1. The van der Waals surface area contributed by atoms with Crippen LogP contribution in [-0.2, 0) is 25.6 Å². The quantitative estimate of drug-likeness (QED) is 0.252. The van der Waals surface area contributed by atoms with E-state index < -0.39 is 75.6 Å². The molecule has 0 spiro atoms. The van der Waals surface area contributed by atoms with Crippen LogP contribution in [-0.4, -0.2) is 90.1 Å². The van der Waals surface area contributed by atoms with Gasteiger partial charge in [0.15, 0.2) is 40.2 Å². The minimum atomic E-state index is -2.82. The number of rotatable bonds is 5. The van der Waals surface area contributed by atoms with E-state index in [0.29, 0.717) is 22.4 Å². The highest BCUT2D eigenvalue weighted by atomic mass is 16.3. The van der Waals surface area contributed by atoms with Gasteiger partial charge in [-0.25, -0.2) is 0 Å². The number of nitrogens with zero attached hydrogens (tertiary/aromatic N) is 3. The molecule has 2 aromatic carbocycles. The van der Waals surface area contributed by atoms with Gasteiger partial charge in [-0.05, 0) is 51.1 Å². The molecule has 2 aromatic rings. The van der Waals surface area contributed by atoms with Gasteiger partial charge in [0.25, 0.3) is 0 Å². The molecule has 13 nitrogen and oxygen atoms in total. The first-order valence-corrected chi connectivity index (χ1v) is 14.2. The summed E-state index contributed by atoms with van der Waals surface area (Å²) in [6, 6.07) is 8.25. The fourth-order valence-electron chi connectivity index (χ4n) is 7.76. The zero-order valence-corrected chi connectivity index (χ0v) is 25.5. The Bertz CT molecular complexity index is 1780. The highest BCUT2D eigenvalue weighted by molar-refractivity contribution is 6.33. The Balaban J connectivity index is 1.77. The van der Waals surface area contributed by atoms with Crippen molar-refractivity contribution >= 4 is 40.5 Å². The van der Waals surface area contributed by atoms with E-state index in [-0.39, 0.29) is 23.3 Å². The number of amides is 1. The second kappa shape index (κ2) is 10.1. The Morgan fingerprint density at radius 3 is 2.11 bits per heavy atom. The third-order valence-electron chi connectivity index (χ3n) is 9.65. The molecular formula is C32H34N6O7. The first-order valence-electron chi connectivity index (χ1n) is 14.2. The van der Waals surface area contributed by atoms with Crippen molar-refractivity contribution < 1.29 is 33.9 Å². The maximum absolute atomic E-state index is 14.6. The van der Waals surface area contributed by atoms with Crippen LogP contribution in [0.4, 0.5) is 5.69 Å². The molecule has 234 valence electrons. The summed E-state index contributed by atoms with van der Waals surface area (Å²) in [4.78, 5) is 83.8. The third-order valence-corrected chi connectivity index (χ3v) is 9.65. The smallest absolute Gasteiger partial charge is 0.235 e. The van der Waals surface area contributed by atoms with Crippen LogP contribution in [0.3, 0.4) is 0 Å². The number of benzene rings is 2. The minimum absolute atomic E-state index is 0.160. The first-order chi connectivity index (χ1) is 20.9. The average molecular weight is 615 g/mol. The van der Waals surface area contributed by atoms with Gasteiger partial charge in [0.2, 0.25) is 5.91 Å². The van der Waals surface area contributed by atoms with Gasteiger partial charge >= 0.3 is 0 Å². The normalized spacial score (nSPS) is 30.7. The van der Waals surface area contributed by atoms with E-state index >= 15 is 0 Å². The predicted octanol–water partition coefficient (Wildman–Crippen LogP) is -0.256. The number of hydrogen-bond donors (Lipinski definition) is 4. The van der Waals surface area contributed by atoms with Crippen LogP contribution in [0.15, 0.2) is 30.3 Å². The third kappa shape index (κ3) is 4.03. The number of likely N-dealkylation sites (N-methyl/N-ethyl adjacent to an activating group) is 1. The predicted molar refractivity (Wildman–Crippen MR) is 161 cm³/mol. The van der Waals surface area contributed by atoms with Gasteiger partial charge in [0, 0.05) is 36.4 Å². The molecule has 1 amide bonds. The molecule has 0 heterocycles. The summed E-state index contributed by atoms with van der Waals surface area (Å²) in [6.07, 6.45) is -0.680. The maximum atomic E-state index is 14.6. The van der Waals surface area contributed by atoms with Crippen molar-refractivity contribution in [3.63, 3.8) is 0 Å². The Morgan fingerprint density at radius 2 is 1.62 bits per heavy atom. The Kier molecular flexibility index (Phi) is 7.13. The van der Waals surface area contributed by atoms with Crippen LogP contribution in [0.2, 0.25) is 0 Å². The van der Waals surface area contributed by atoms with Crippen molar-refractivity contribution in [1.29, 1.82) is 5.26 Å². The molecule has 13 heteroatoms. The zero-order valence-electron chi connectivity index (χ0n) is 25.5. The monoisotopic (exact) mass is 614 g/mol. The number of phenols is 1. The van der Waals surface area contributed by atoms with Gasteiger partial charge in [-0.1, -0.05) is 24.3 Å². The number of fused-ring (bicyclic) bond motifs is 3. The van der Waals surface area contributed by atoms with E-state index in [2.05, 4.69) is 0 Å². The summed E-state index contributed by atoms with van der Waals surface area (Å²) >= 11 is 0. The van der Waals surface area contributed by atoms with E-state index in [9.17, 15) is 39.1 Å². The van der Waals surface area contributed by atoms with Crippen LogP contribution in [0, 0.1) is 28.6 Å². The zero-order chi connectivity index (χ0) is 33.5. The van der Waals surface area contributed by atoms with E-state index in [1.165, 1.54) is 25.9 Å². The Labute approximate surface area is 258 Å². The largest absolute Gasteiger partial charge is 0.507 e. The molecule has 0 saturated heterocycles. The number of phenolic OH excluding ortho intramolecular Hbond substituents is 1. The molecule has 6 atom stereocenters. The molecule has 0 bridgehead atoms. The number of carbonyl (C=O) groups excluding carboxylic acids is 6. The molecule has 0 aromatic heterocycles. The van der Waals surface area contributed by atoms with Crippen LogP contribution >= 0.6 is 0 Å². The summed E-state index contributed by atoms with van der Waals surface area (Å²) in [7, 11) is 6.33. The number of carbonyl (C=O) groups is 6. The van der Waals surface area contributed by atoms with Crippen LogP contribution in [0.5, 0.6) is 5.75 Å². The lowest BCUT2D eigenvalue weighted by molar-refractivity contribution is -0.166. The van der Waals surface area contributed by atoms with Gasteiger partial charge < -0.3 is 27.2 Å². The lowest BCUT2D eigenvalue weighted by Crippen LogP contribution is -2.85. The summed E-state index contributed by atoms with van der Waals surface area (Å²) in [6.45, 7) is 1.41. The number of hydrogen-bond acceptors (Lipinski definition) is 12. The SMILES string of the molecule is CC(=O)c1ccc(-c2cc(N(C)C)c3c(c2O)C(=O)C2C(=O)[C@]4(C#N)C(=O)C(C(N)=O)C(=O)[C@@H](N(C)C)[C@]4(N)C[C@]2(N)C3)cc1. The number of nitrogens with two attached hydrogens (primary N) is 3. The molecule has 2 fully saturated rings. The molecule has 0 radical (unpaired) electrons. The molecule has 7 N–H and O–H groups in total. The minimum Gasteiger partial charge on any atom is -0.507 e. The van der Waals surface area contributed by atoms with Crippen molar-refractivity contribution in [3.05, 3.63) is 47.0 Å². The second-order valence-electron chi connectivity index (χ2n) is 12.8. The fraction of sp³-hybridized carbons (Fsp3) is 0.406. The number of ketones is 5. The first kappa shape index (κ1) is 31.6. The van der Waals surface area contributed by atoms with E-state index in [1.54, 1.807) is 55.4 Å². The van der Waals surface area contributed by atoms with Gasteiger partial charge in [0.05, 0.1) is 23.2 Å². The Morgan fingerprint density at radius 1 is 1.02 bits per heavy atom. The molecule has 2 unspecified atom stereocenters. The van der Waals surface area contributed by atoms with Gasteiger partial charge in [-0.2, -0.15) is 5.26 Å². The summed E-state index contributed by atoms with van der Waals surface area (Å²) < 4.78 is 0. The highest BCUT2D eigenvalue weighted by Gasteiger charge is 2.78. The molecule has 5 rings (SSSR count). The second-order valence-corrected chi connectivity index (χ2v) is 12.8. The van der Waals surface area contributed by atoms with E-state index in [0.717, 1.165) is 0 Å². The average Bonchev–Trinajstić information content (AvgIpc) is 2.92. The van der Waals surface area contributed by atoms with Crippen LogP contribution in [0.1, 0.15) is 39.6 Å². The number of aromatic hydroxyl groups is 1. The fourth-order valence-corrected chi connectivity index (χ4v) is 7.76. The summed E-state index contributed by atoms with van der Waals surface area (Å²) in [5.41, 5.74) is 14.1. The lowest BCUT2D eigenvalue weighted by Gasteiger charge is -2.60. The molecule has 3 aliphatic rings. The van der Waals surface area contributed by atoms with Crippen LogP contribution in [0.25, 0.3) is 11.1 Å². The summed E-state index contributed by atoms with van der Waals surface area (Å²) in [5, 5.41) is 22.2. The van der Waals surface area contributed by atoms with Crippen molar-refractivity contribution in [2.75, 3.05) is 33.1 Å². The number of Topliss-reactive ketones (excluding diaryl/α,β-unsaturated/α-hetero) is 5. The topological polar surface area (TPSA) is 231 Å². The molecule has 3 aliphatic carbocycles. The van der Waals surface area contributed by atoms with Crippen molar-refractivity contribution in [1.82, 2.24) is 4.90 Å². The maximum Gasteiger partial charge on any atom is 0.235 e. The molecule has 0 aliphatic heterocycles. The number of nitriles is 1. The molecule has 45 heavy (non-hydrogen) atoms. The standard InChI is InChI=1S/C32H34N6O7/c1-14(39)15-6-8-16(9-7-15)17-10-19(37(2)3)18-11-30(35)12-32(36)26(38(4)5)25(42)21(29(34)45)27(43)31(32,13-33)28(44)22(30)24(41)20(18)23(17)40/h6-10,21-22,26,40H,11-12,35-36H2,1-5H3,(H2,34,45)/t21?,22?,26-,30-,31+,32-/m1/s1. The summed E-state index contributed by atoms with van der Waals surface area (Å²) in [5.74, 6) is -10.4. The molecular weight excluding hydrogens is 580 g/mol. The van der Waals surface area contributed by atoms with Crippen molar-refractivity contribution in [2.45, 2.75) is 36.9 Å². The van der Waals surface area contributed by atoms with Crippen molar-refractivity contribution in [2.24, 2.45) is 34.5 Å². The van der Waals surface area contributed by atoms with Gasteiger partial charge in [-0.15, -0.1) is 0 Å². The molecule has 2 saturated carbocycles.